The molecule has 1 nitrogen and oxygen atoms in total. The van der Waals surface area contributed by atoms with E-state index in [4.69, 9.17) is 22.4 Å². The topological polar surface area (TPSA) is 12.4 Å². The minimum Gasteiger partial charge on any atom is -0.256 e. The molecule has 0 N–H and O–H groups in total. The average Bonchev–Trinajstić information content (AvgIpc) is 2.95. The van der Waals surface area contributed by atoms with E-state index in [2.05, 4.69) is 72.6 Å². The smallest absolute Gasteiger partial charge is 0.0718 e. The highest BCUT2D eigenvalue weighted by atomic mass is 33.1. The molecule has 0 amide bonds. The standard InChI is InChI=1S/C15H16.C3H3NS3/c1-2-15(13-9-5-3-6-10-13)14-11-7-4-8-12-14;5-7(6)2-1-4-3-7/h3-12,15H,2H2,1H3;1-3H. The first-order valence-electron chi connectivity index (χ1n) is 7.17. The first-order valence-corrected chi connectivity index (χ1v) is 10.8. The fraction of sp³-hybridized carbons (Fsp3) is 0.167. The van der Waals surface area contributed by atoms with Gasteiger partial charge in [0, 0.05) is 17.5 Å². The van der Waals surface area contributed by atoms with Gasteiger partial charge in [-0.25, -0.2) is 0 Å². The Morgan fingerprint density at radius 2 is 1.41 bits per heavy atom. The second-order valence-electron chi connectivity index (χ2n) is 4.91. The molecule has 22 heavy (non-hydrogen) atoms. The van der Waals surface area contributed by atoms with E-state index in [1.54, 1.807) is 17.2 Å². The number of hydrogen-bond acceptors (Lipinski definition) is 3. The zero-order chi connectivity index (χ0) is 15.8. The molecule has 0 radical (unpaired) electrons. The third-order valence-electron chi connectivity index (χ3n) is 3.36. The Morgan fingerprint density at radius 3 is 1.68 bits per heavy atom. The fourth-order valence-electron chi connectivity index (χ4n) is 2.31. The Hall–Kier alpha value is -1.36. The first-order chi connectivity index (χ1) is 10.6. The SMILES string of the molecule is CCC(c1ccccc1)c1ccccc1.S=S1(=S)C=CN=C1. The summed E-state index contributed by atoms with van der Waals surface area (Å²) >= 11 is 9.74. The monoisotopic (exact) mass is 345 g/mol. The summed E-state index contributed by atoms with van der Waals surface area (Å²) in [5.74, 6) is 0.535. The van der Waals surface area contributed by atoms with Gasteiger partial charge >= 0.3 is 0 Å². The highest BCUT2D eigenvalue weighted by molar-refractivity contribution is 8.64. The lowest BCUT2D eigenvalue weighted by molar-refractivity contribution is 0.777. The zero-order valence-corrected chi connectivity index (χ0v) is 14.9. The van der Waals surface area contributed by atoms with E-state index in [1.165, 1.54) is 11.1 Å². The number of aliphatic imine (C=N–C) groups is 1. The van der Waals surface area contributed by atoms with Crippen LogP contribution in [0.15, 0.2) is 77.3 Å². The van der Waals surface area contributed by atoms with Crippen molar-refractivity contribution in [3.63, 3.8) is 0 Å². The van der Waals surface area contributed by atoms with Crippen molar-refractivity contribution < 1.29 is 0 Å². The van der Waals surface area contributed by atoms with Crippen LogP contribution in [0.4, 0.5) is 0 Å². The molecule has 0 unspecified atom stereocenters. The quantitative estimate of drug-likeness (QED) is 0.792. The van der Waals surface area contributed by atoms with E-state index in [9.17, 15) is 0 Å². The van der Waals surface area contributed by atoms with Crippen molar-refractivity contribution >= 4 is 35.1 Å². The average molecular weight is 346 g/mol. The maximum absolute atomic E-state index is 4.87. The van der Waals surface area contributed by atoms with E-state index in [0.29, 0.717) is 5.92 Å². The van der Waals surface area contributed by atoms with Crippen molar-refractivity contribution in [1.29, 1.82) is 0 Å². The molecule has 0 spiro atoms. The summed E-state index contributed by atoms with van der Waals surface area (Å²) in [4.78, 5) is 3.76. The Kier molecular flexibility index (Phi) is 6.43. The van der Waals surface area contributed by atoms with Crippen molar-refractivity contribution in [3.8, 4) is 0 Å². The minimum absolute atomic E-state index is 0.535. The highest BCUT2D eigenvalue weighted by Crippen LogP contribution is 2.26. The van der Waals surface area contributed by atoms with Gasteiger partial charge in [0.05, 0.1) is 5.55 Å². The van der Waals surface area contributed by atoms with Crippen LogP contribution in [-0.4, -0.2) is 5.55 Å². The lowest BCUT2D eigenvalue weighted by Gasteiger charge is -2.15. The Balaban J connectivity index is 0.000000211. The summed E-state index contributed by atoms with van der Waals surface area (Å²) < 4.78 is 0. The van der Waals surface area contributed by atoms with Crippen LogP contribution in [0.1, 0.15) is 30.4 Å². The van der Waals surface area contributed by atoms with Crippen molar-refractivity contribution in [2.75, 3.05) is 0 Å². The second kappa shape index (κ2) is 8.32. The van der Waals surface area contributed by atoms with Gasteiger partial charge in [-0.3, -0.25) is 4.99 Å². The third kappa shape index (κ3) is 5.13. The maximum Gasteiger partial charge on any atom is 0.0718 e. The number of hydrogen-bond donors (Lipinski definition) is 0. The van der Waals surface area contributed by atoms with Crippen molar-refractivity contribution in [2.24, 2.45) is 4.99 Å². The van der Waals surface area contributed by atoms with Crippen LogP contribution in [0.5, 0.6) is 0 Å². The van der Waals surface area contributed by atoms with E-state index in [-0.39, 0.29) is 0 Å². The Bertz CT molecular complexity index is 675. The first kappa shape index (κ1) is 17.0. The highest BCUT2D eigenvalue weighted by Gasteiger charge is 2.10. The van der Waals surface area contributed by atoms with Crippen LogP contribution in [0.3, 0.4) is 0 Å². The Morgan fingerprint density at radius 1 is 0.909 bits per heavy atom. The van der Waals surface area contributed by atoms with Gasteiger partial charge in [0.2, 0.25) is 0 Å². The molecule has 3 rings (SSSR count). The number of benzene rings is 2. The molecule has 1 heterocycles. The summed E-state index contributed by atoms with van der Waals surface area (Å²) in [6, 6.07) is 21.4. The van der Waals surface area contributed by atoms with E-state index in [0.717, 1.165) is 6.42 Å². The molecule has 0 atom stereocenters. The molecule has 0 bridgehead atoms. The van der Waals surface area contributed by atoms with Crippen LogP contribution in [0.25, 0.3) is 0 Å². The largest absolute Gasteiger partial charge is 0.256 e. The lowest BCUT2D eigenvalue weighted by atomic mass is 9.89. The summed E-state index contributed by atoms with van der Waals surface area (Å²) in [6.45, 7) is 2.24. The van der Waals surface area contributed by atoms with E-state index >= 15 is 0 Å². The molecule has 0 saturated heterocycles. The van der Waals surface area contributed by atoms with Crippen LogP contribution < -0.4 is 0 Å². The minimum atomic E-state index is -1.35. The molecule has 0 aliphatic carbocycles. The van der Waals surface area contributed by atoms with Gasteiger partial charge in [-0.15, -0.1) is 0 Å². The molecule has 1 aliphatic heterocycles. The molecule has 0 saturated carbocycles. The van der Waals surface area contributed by atoms with Gasteiger partial charge in [-0.05, 0) is 47.1 Å². The maximum atomic E-state index is 4.87. The summed E-state index contributed by atoms with van der Waals surface area (Å²) in [6.07, 6.45) is 2.81. The molecule has 0 fully saturated rings. The van der Waals surface area contributed by atoms with Gasteiger partial charge < -0.3 is 0 Å². The second-order valence-corrected chi connectivity index (χ2v) is 10.5. The molecule has 0 aromatic heterocycles. The van der Waals surface area contributed by atoms with Crippen LogP contribution in [0, 0.1) is 0 Å². The zero-order valence-electron chi connectivity index (χ0n) is 12.5. The molecule has 1 aliphatic rings. The van der Waals surface area contributed by atoms with Gasteiger partial charge in [0.1, 0.15) is 0 Å². The van der Waals surface area contributed by atoms with E-state index < -0.39 is 7.15 Å². The molecule has 4 heteroatoms. The van der Waals surface area contributed by atoms with Crippen LogP contribution >= 0.6 is 0 Å². The molecule has 114 valence electrons. The summed E-state index contributed by atoms with van der Waals surface area (Å²) in [5.41, 5.74) is 4.47. The van der Waals surface area contributed by atoms with Gasteiger partial charge in [-0.1, -0.05) is 67.6 Å². The van der Waals surface area contributed by atoms with Gasteiger partial charge in [0.25, 0.3) is 0 Å². The van der Waals surface area contributed by atoms with Gasteiger partial charge in [-0.2, -0.15) is 0 Å². The van der Waals surface area contributed by atoms with Crippen LogP contribution in [-0.2, 0) is 29.5 Å². The fourth-order valence-corrected chi connectivity index (χ4v) is 3.46. The molecular formula is C18H19NS3. The molecule has 2 aromatic carbocycles. The number of rotatable bonds is 3. The van der Waals surface area contributed by atoms with Crippen LogP contribution in [0.2, 0.25) is 0 Å². The summed E-state index contributed by atoms with van der Waals surface area (Å²) in [5, 5.41) is 1.79. The molecular weight excluding hydrogens is 326 g/mol. The third-order valence-corrected chi connectivity index (χ3v) is 5.46. The predicted octanol–water partition coefficient (Wildman–Crippen LogP) is 4.81. The predicted molar refractivity (Wildman–Crippen MR) is 105 cm³/mol. The van der Waals surface area contributed by atoms with Gasteiger partial charge in [0.15, 0.2) is 0 Å². The van der Waals surface area contributed by atoms with Crippen molar-refractivity contribution in [2.45, 2.75) is 19.3 Å². The number of nitrogens with zero attached hydrogens (tertiary/aromatic N) is 1. The summed E-state index contributed by atoms with van der Waals surface area (Å²) in [7, 11) is -1.35. The Labute approximate surface area is 142 Å². The van der Waals surface area contributed by atoms with E-state index in [1.807, 2.05) is 0 Å². The van der Waals surface area contributed by atoms with Crippen molar-refractivity contribution in [3.05, 3.63) is 83.4 Å². The normalized spacial score (nSPS) is 14.6. The lowest BCUT2D eigenvalue weighted by Crippen LogP contribution is -1.98. The van der Waals surface area contributed by atoms with Crippen molar-refractivity contribution in [1.82, 2.24) is 0 Å². The molecule has 2 aromatic rings.